The first-order valence-corrected chi connectivity index (χ1v) is 18.6. The van der Waals surface area contributed by atoms with E-state index < -0.39 is 99.9 Å². The van der Waals surface area contributed by atoms with E-state index in [1.807, 2.05) is 0 Å². The van der Waals surface area contributed by atoms with Gasteiger partial charge in [-0.05, 0) is 62.6 Å². The number of nitrogens with zero attached hydrogens (tertiary/aromatic N) is 5. The molecule has 1 aliphatic heterocycles. The van der Waals surface area contributed by atoms with Crippen molar-refractivity contribution in [1.82, 2.24) is 20.1 Å². The van der Waals surface area contributed by atoms with Gasteiger partial charge in [-0.2, -0.15) is 23.2 Å². The molecule has 4 aromatic rings. The average Bonchev–Trinajstić information content (AvgIpc) is 3.38. The molecule has 0 fully saturated rings. The van der Waals surface area contributed by atoms with E-state index >= 15 is 0 Å². The number of alkyl carbamates (subject to hydrolysis) is 1. The van der Waals surface area contributed by atoms with Gasteiger partial charge in [-0.25, -0.2) is 35.8 Å². The molecule has 5 rings (SSSR count). The zero-order chi connectivity index (χ0) is 41.7. The summed E-state index contributed by atoms with van der Waals surface area (Å²) in [5.74, 6) is -11.3. The number of rotatable bonds is 11. The molecular formula is C35H33ClF6N6O7S. The van der Waals surface area contributed by atoms with Crippen molar-refractivity contribution in [3.05, 3.63) is 75.8 Å². The van der Waals surface area contributed by atoms with Crippen LogP contribution < -0.4 is 14.4 Å². The number of carbonyl (C=O) groups excluding carboxylic acids is 3. The van der Waals surface area contributed by atoms with Gasteiger partial charge < -0.3 is 14.8 Å². The Hall–Kier alpha value is -5.24. The number of aliphatic imine (C=N–C) groups is 1. The number of hydrogen-bond donors (Lipinski definition) is 1. The van der Waals surface area contributed by atoms with Crippen LogP contribution in [0.4, 0.5) is 42.8 Å². The Kier molecular flexibility index (Phi) is 11.5. The lowest BCUT2D eigenvalue weighted by Gasteiger charge is -2.31. The standard InChI is InChI=1S/C35H33ClF6N6O7S/c1-16(49)48(56(6,52)53)31-26-22(36)9-7-20(28(26)47(5)46-31)25-27(23(43-33(51)55-34(2,3)4)13-17-11-18(37)14-19(38)12-17)45-30-21(29(25)50)8-10-24(44-30)54-15-35(41,42)32(39)40/h7-12,14,23,25,32H,13,15H2,1-6H3,(H,43,51)/t23-,25?/m0/s1. The molecule has 300 valence electrons. The maximum absolute atomic E-state index is 14.7. The van der Waals surface area contributed by atoms with E-state index in [1.165, 1.54) is 19.2 Å². The molecule has 1 aliphatic rings. The number of sulfonamides is 1. The number of amides is 2. The molecule has 13 nitrogen and oxygen atoms in total. The quantitative estimate of drug-likeness (QED) is 0.163. The fourth-order valence-electron chi connectivity index (χ4n) is 6.02. The number of carbonyl (C=O) groups is 3. The van der Waals surface area contributed by atoms with Crippen LogP contribution in [0.5, 0.6) is 5.88 Å². The van der Waals surface area contributed by atoms with Crippen LogP contribution in [-0.4, -0.2) is 83.5 Å². The summed E-state index contributed by atoms with van der Waals surface area (Å²) < 4.78 is 120. The van der Waals surface area contributed by atoms with Crippen molar-refractivity contribution >= 4 is 67.7 Å². The molecule has 0 radical (unpaired) electrons. The summed E-state index contributed by atoms with van der Waals surface area (Å²) in [5, 5.41) is 6.66. The number of benzene rings is 2. The Labute approximate surface area is 320 Å². The predicted octanol–water partition coefficient (Wildman–Crippen LogP) is 6.68. The second-order valence-corrected chi connectivity index (χ2v) is 16.0. The molecule has 2 aromatic carbocycles. The van der Waals surface area contributed by atoms with E-state index in [2.05, 4.69) is 20.4 Å². The van der Waals surface area contributed by atoms with E-state index in [9.17, 15) is 49.1 Å². The molecule has 0 spiro atoms. The monoisotopic (exact) mass is 830 g/mol. The van der Waals surface area contributed by atoms with Crippen LogP contribution in [0.3, 0.4) is 0 Å². The van der Waals surface area contributed by atoms with Crippen molar-refractivity contribution in [3.8, 4) is 5.88 Å². The highest BCUT2D eigenvalue weighted by atomic mass is 35.5. The number of anilines is 1. The van der Waals surface area contributed by atoms with Gasteiger partial charge in [0, 0.05) is 26.1 Å². The SMILES string of the molecule is CC(=O)N(c1nn(C)c2c(C3C(=O)c4ccc(OCC(F)(F)C(F)F)nc4N=C3[C@H](Cc3cc(F)cc(F)c3)NC(=O)OC(C)(C)C)ccc(Cl)c12)S(C)(=O)=O. The molecule has 2 aromatic heterocycles. The number of aromatic nitrogens is 3. The maximum Gasteiger partial charge on any atom is 0.408 e. The van der Waals surface area contributed by atoms with E-state index in [1.54, 1.807) is 20.8 Å². The molecular weight excluding hydrogens is 798 g/mol. The Morgan fingerprint density at radius 2 is 1.71 bits per heavy atom. The fraction of sp³-hybridized carbons (Fsp3) is 0.371. The third-order valence-electron chi connectivity index (χ3n) is 8.12. The lowest BCUT2D eigenvalue weighted by Crippen LogP contribution is -2.48. The van der Waals surface area contributed by atoms with Crippen molar-refractivity contribution in [2.75, 3.05) is 17.2 Å². The first-order valence-electron chi connectivity index (χ1n) is 16.4. The lowest BCUT2D eigenvalue weighted by atomic mass is 9.80. The van der Waals surface area contributed by atoms with Gasteiger partial charge in [0.05, 0.1) is 45.4 Å². The number of Topliss-reactive ketones (excluding diaryl/α,β-unsaturated/α-hetero) is 1. The normalized spacial score (nSPS) is 15.4. The first-order chi connectivity index (χ1) is 25.9. The summed E-state index contributed by atoms with van der Waals surface area (Å²) in [6, 6.07) is 5.80. The number of hydrogen-bond acceptors (Lipinski definition) is 10. The summed E-state index contributed by atoms with van der Waals surface area (Å²) in [6.07, 6.45) is -4.81. The van der Waals surface area contributed by atoms with Crippen LogP contribution in [0.2, 0.25) is 5.02 Å². The molecule has 21 heteroatoms. The number of ether oxygens (including phenoxy) is 2. The fourth-order valence-corrected chi connectivity index (χ4v) is 7.17. The Morgan fingerprint density at radius 3 is 2.29 bits per heavy atom. The number of ketones is 1. The van der Waals surface area contributed by atoms with Crippen LogP contribution in [0, 0.1) is 11.6 Å². The van der Waals surface area contributed by atoms with E-state index in [0.29, 0.717) is 10.4 Å². The minimum absolute atomic E-state index is 0.0202. The summed E-state index contributed by atoms with van der Waals surface area (Å²) in [7, 11) is -2.92. The molecule has 0 saturated carbocycles. The predicted molar refractivity (Wildman–Crippen MR) is 192 cm³/mol. The topological polar surface area (TPSA) is 162 Å². The zero-order valence-corrected chi connectivity index (χ0v) is 31.9. The Morgan fingerprint density at radius 1 is 1.07 bits per heavy atom. The van der Waals surface area contributed by atoms with Crippen LogP contribution in [0.25, 0.3) is 10.9 Å². The van der Waals surface area contributed by atoms with E-state index in [0.717, 1.165) is 42.1 Å². The average molecular weight is 831 g/mol. The van der Waals surface area contributed by atoms with E-state index in [-0.39, 0.29) is 38.3 Å². The summed E-state index contributed by atoms with van der Waals surface area (Å²) >= 11 is 6.60. The largest absolute Gasteiger partial charge is 0.471 e. The van der Waals surface area contributed by atoms with Gasteiger partial charge in [0.1, 0.15) is 17.2 Å². The summed E-state index contributed by atoms with van der Waals surface area (Å²) in [6.45, 7) is 3.86. The van der Waals surface area contributed by atoms with Gasteiger partial charge in [0.2, 0.25) is 21.8 Å². The van der Waals surface area contributed by atoms with Crippen molar-refractivity contribution in [2.45, 2.75) is 64.0 Å². The van der Waals surface area contributed by atoms with Gasteiger partial charge in [0.25, 0.3) is 0 Å². The van der Waals surface area contributed by atoms with Crippen LogP contribution in [-0.2, 0) is 33.0 Å². The molecule has 3 heterocycles. The highest BCUT2D eigenvalue weighted by Gasteiger charge is 2.43. The molecule has 2 amide bonds. The van der Waals surface area contributed by atoms with Crippen molar-refractivity contribution < 1.29 is 58.6 Å². The van der Waals surface area contributed by atoms with Crippen molar-refractivity contribution in [2.24, 2.45) is 12.0 Å². The third-order valence-corrected chi connectivity index (χ3v) is 9.53. The molecule has 0 aliphatic carbocycles. The van der Waals surface area contributed by atoms with Crippen molar-refractivity contribution in [1.29, 1.82) is 0 Å². The molecule has 56 heavy (non-hydrogen) atoms. The first kappa shape index (κ1) is 41.9. The minimum Gasteiger partial charge on any atom is -0.471 e. The zero-order valence-electron chi connectivity index (χ0n) is 30.3. The Balaban J connectivity index is 1.78. The number of aryl methyl sites for hydroxylation is 1. The highest BCUT2D eigenvalue weighted by molar-refractivity contribution is 7.92. The minimum atomic E-state index is -4.56. The lowest BCUT2D eigenvalue weighted by molar-refractivity contribution is -0.148. The highest BCUT2D eigenvalue weighted by Crippen LogP contribution is 2.42. The molecule has 0 saturated heterocycles. The second kappa shape index (κ2) is 15.4. The van der Waals surface area contributed by atoms with Crippen molar-refractivity contribution in [3.63, 3.8) is 0 Å². The van der Waals surface area contributed by atoms with E-state index in [4.69, 9.17) is 21.1 Å². The van der Waals surface area contributed by atoms with Crippen LogP contribution in [0.15, 0.2) is 47.5 Å². The Bertz CT molecular complexity index is 2370. The van der Waals surface area contributed by atoms with Gasteiger partial charge >= 0.3 is 18.4 Å². The summed E-state index contributed by atoms with van der Waals surface area (Å²) in [4.78, 5) is 49.2. The molecule has 1 unspecified atom stereocenters. The van der Waals surface area contributed by atoms with Gasteiger partial charge in [-0.15, -0.1) is 0 Å². The molecule has 2 atom stereocenters. The number of fused-ring (bicyclic) bond motifs is 2. The van der Waals surface area contributed by atoms with Gasteiger partial charge in [-0.3, -0.25) is 14.3 Å². The van der Waals surface area contributed by atoms with Crippen LogP contribution in [0.1, 0.15) is 55.1 Å². The smallest absolute Gasteiger partial charge is 0.408 e. The number of pyridine rings is 1. The number of halogens is 7. The second-order valence-electron chi connectivity index (χ2n) is 13.7. The number of alkyl halides is 4. The van der Waals surface area contributed by atoms with Gasteiger partial charge in [-0.1, -0.05) is 17.7 Å². The third kappa shape index (κ3) is 8.90. The van der Waals surface area contributed by atoms with Gasteiger partial charge in [0.15, 0.2) is 24.0 Å². The maximum atomic E-state index is 14.7. The number of nitrogens with one attached hydrogen (secondary N) is 1. The molecule has 0 bridgehead atoms. The van der Waals surface area contributed by atoms with Crippen LogP contribution >= 0.6 is 11.6 Å². The summed E-state index contributed by atoms with van der Waals surface area (Å²) in [5.41, 5.74) is -1.55. The molecule has 1 N–H and O–H groups in total.